The van der Waals surface area contributed by atoms with Gasteiger partial charge in [-0.25, -0.2) is 4.98 Å². The number of hydrogen-bond acceptors (Lipinski definition) is 4. The summed E-state index contributed by atoms with van der Waals surface area (Å²) < 4.78 is 0. The largest absolute Gasteiger partial charge is 0.384 e. The Hall–Kier alpha value is -2.01. The summed E-state index contributed by atoms with van der Waals surface area (Å²) in [6, 6.07) is 13.7. The van der Waals surface area contributed by atoms with Gasteiger partial charge in [0.15, 0.2) is 0 Å². The number of aromatic nitrogens is 1. The van der Waals surface area contributed by atoms with Crippen LogP contribution in [-0.4, -0.2) is 23.2 Å². The first-order valence-corrected chi connectivity index (χ1v) is 7.37. The highest BCUT2D eigenvalue weighted by molar-refractivity contribution is 8.00. The number of thioether (sulfide) groups is 1. The van der Waals surface area contributed by atoms with Crippen molar-refractivity contribution < 1.29 is 4.79 Å². The molecular formula is C15H17N3OS. The number of nitrogens with one attached hydrogen (secondary N) is 1. The van der Waals surface area contributed by atoms with E-state index in [0.717, 1.165) is 11.3 Å². The van der Waals surface area contributed by atoms with Gasteiger partial charge < -0.3 is 11.1 Å². The summed E-state index contributed by atoms with van der Waals surface area (Å²) in [6.45, 7) is 0.656. The molecule has 1 amide bonds. The highest BCUT2D eigenvalue weighted by Crippen LogP contribution is 2.16. The molecule has 0 unspecified atom stereocenters. The third kappa shape index (κ3) is 4.93. The zero-order chi connectivity index (χ0) is 14.2. The number of anilines is 1. The first kappa shape index (κ1) is 14.4. The smallest absolute Gasteiger partial charge is 0.230 e. The zero-order valence-electron chi connectivity index (χ0n) is 11.1. The van der Waals surface area contributed by atoms with E-state index in [1.54, 1.807) is 12.3 Å². The summed E-state index contributed by atoms with van der Waals surface area (Å²) in [5.41, 5.74) is 6.73. The van der Waals surface area contributed by atoms with E-state index in [0.29, 0.717) is 18.1 Å². The SMILES string of the molecule is Nc1ccc(SCC(=O)NCCc2ccccc2)cn1. The number of benzene rings is 1. The second kappa shape index (κ2) is 7.55. The van der Waals surface area contributed by atoms with Crippen LogP contribution < -0.4 is 11.1 Å². The minimum Gasteiger partial charge on any atom is -0.384 e. The molecular weight excluding hydrogens is 270 g/mol. The minimum absolute atomic E-state index is 0.0303. The van der Waals surface area contributed by atoms with E-state index in [4.69, 9.17) is 5.73 Å². The van der Waals surface area contributed by atoms with E-state index in [1.165, 1.54) is 17.3 Å². The molecule has 2 aromatic rings. The molecule has 0 spiro atoms. The molecule has 2 rings (SSSR count). The predicted octanol–water partition coefficient (Wildman–Crippen LogP) is 2.11. The van der Waals surface area contributed by atoms with Crippen LogP contribution in [0.15, 0.2) is 53.6 Å². The number of amides is 1. The van der Waals surface area contributed by atoms with Gasteiger partial charge in [0.2, 0.25) is 5.91 Å². The van der Waals surface area contributed by atoms with Gasteiger partial charge in [0.05, 0.1) is 5.75 Å². The van der Waals surface area contributed by atoms with Gasteiger partial charge in [-0.1, -0.05) is 30.3 Å². The second-order valence-electron chi connectivity index (χ2n) is 4.29. The van der Waals surface area contributed by atoms with Gasteiger partial charge in [-0.2, -0.15) is 0 Å². The Kier molecular flexibility index (Phi) is 5.43. The van der Waals surface area contributed by atoms with E-state index in [-0.39, 0.29) is 5.91 Å². The molecule has 0 saturated heterocycles. The Labute approximate surface area is 122 Å². The number of carbonyl (C=O) groups excluding carboxylic acids is 1. The van der Waals surface area contributed by atoms with Crippen LogP contribution in [0.25, 0.3) is 0 Å². The Morgan fingerprint density at radius 1 is 1.20 bits per heavy atom. The van der Waals surface area contributed by atoms with E-state index < -0.39 is 0 Å². The first-order valence-electron chi connectivity index (χ1n) is 6.39. The Bertz CT molecular complexity index is 543. The van der Waals surface area contributed by atoms with E-state index in [9.17, 15) is 4.79 Å². The highest BCUT2D eigenvalue weighted by atomic mass is 32.2. The van der Waals surface area contributed by atoms with Crippen molar-refractivity contribution in [1.29, 1.82) is 0 Å². The molecule has 0 aliphatic heterocycles. The molecule has 3 N–H and O–H groups in total. The van der Waals surface area contributed by atoms with Crippen LogP contribution in [0.1, 0.15) is 5.56 Å². The topological polar surface area (TPSA) is 68.0 Å². The van der Waals surface area contributed by atoms with Crippen LogP contribution in [-0.2, 0) is 11.2 Å². The number of nitrogen functional groups attached to an aromatic ring is 1. The molecule has 0 aliphatic carbocycles. The molecule has 0 saturated carbocycles. The summed E-state index contributed by atoms with van der Waals surface area (Å²) in [7, 11) is 0. The molecule has 0 atom stereocenters. The van der Waals surface area contributed by atoms with Crippen molar-refractivity contribution in [3.8, 4) is 0 Å². The van der Waals surface area contributed by atoms with Gasteiger partial charge in [0.25, 0.3) is 0 Å². The zero-order valence-corrected chi connectivity index (χ0v) is 11.9. The number of rotatable bonds is 6. The lowest BCUT2D eigenvalue weighted by Crippen LogP contribution is -2.27. The van der Waals surface area contributed by atoms with Crippen molar-refractivity contribution >= 4 is 23.5 Å². The lowest BCUT2D eigenvalue weighted by molar-refractivity contribution is -0.118. The highest BCUT2D eigenvalue weighted by Gasteiger charge is 2.02. The van der Waals surface area contributed by atoms with Crippen molar-refractivity contribution in [2.75, 3.05) is 18.0 Å². The monoisotopic (exact) mass is 287 g/mol. The maximum absolute atomic E-state index is 11.7. The number of carbonyl (C=O) groups is 1. The number of hydrogen-bond donors (Lipinski definition) is 2. The van der Waals surface area contributed by atoms with Gasteiger partial charge in [0.1, 0.15) is 5.82 Å². The molecule has 0 aliphatic rings. The molecule has 20 heavy (non-hydrogen) atoms. The van der Waals surface area contributed by atoms with Crippen LogP contribution in [0.4, 0.5) is 5.82 Å². The van der Waals surface area contributed by atoms with E-state index in [1.807, 2.05) is 24.3 Å². The molecule has 0 radical (unpaired) electrons. The van der Waals surface area contributed by atoms with Crippen molar-refractivity contribution in [3.63, 3.8) is 0 Å². The molecule has 1 heterocycles. The van der Waals surface area contributed by atoms with Crippen molar-refractivity contribution in [1.82, 2.24) is 10.3 Å². The maximum atomic E-state index is 11.7. The summed E-state index contributed by atoms with van der Waals surface area (Å²) in [6.07, 6.45) is 2.53. The number of nitrogens with two attached hydrogens (primary N) is 1. The van der Waals surface area contributed by atoms with E-state index >= 15 is 0 Å². The number of pyridine rings is 1. The van der Waals surface area contributed by atoms with Crippen LogP contribution in [0.3, 0.4) is 0 Å². The van der Waals surface area contributed by atoms with Crippen LogP contribution in [0.2, 0.25) is 0 Å². The average molecular weight is 287 g/mol. The Morgan fingerprint density at radius 2 is 2.00 bits per heavy atom. The molecule has 1 aromatic carbocycles. The normalized spacial score (nSPS) is 10.2. The van der Waals surface area contributed by atoms with Gasteiger partial charge in [0, 0.05) is 17.6 Å². The third-order valence-corrected chi connectivity index (χ3v) is 3.69. The average Bonchev–Trinajstić information content (AvgIpc) is 2.48. The lowest BCUT2D eigenvalue weighted by Gasteiger charge is -2.05. The molecule has 5 heteroatoms. The summed E-state index contributed by atoms with van der Waals surface area (Å²) in [5.74, 6) is 0.907. The Balaban J connectivity index is 1.67. The fourth-order valence-corrected chi connectivity index (χ4v) is 2.36. The lowest BCUT2D eigenvalue weighted by atomic mass is 10.1. The van der Waals surface area contributed by atoms with Gasteiger partial charge >= 0.3 is 0 Å². The maximum Gasteiger partial charge on any atom is 0.230 e. The van der Waals surface area contributed by atoms with Gasteiger partial charge in [-0.05, 0) is 24.1 Å². The predicted molar refractivity (Wildman–Crippen MR) is 82.5 cm³/mol. The number of nitrogens with zero attached hydrogens (tertiary/aromatic N) is 1. The van der Waals surface area contributed by atoms with Crippen molar-refractivity contribution in [2.45, 2.75) is 11.3 Å². The summed E-state index contributed by atoms with van der Waals surface area (Å²) in [4.78, 5) is 16.6. The van der Waals surface area contributed by atoms with Crippen molar-refractivity contribution in [3.05, 3.63) is 54.2 Å². The molecule has 104 valence electrons. The second-order valence-corrected chi connectivity index (χ2v) is 5.34. The standard InChI is InChI=1S/C15H17N3OS/c16-14-7-6-13(10-18-14)20-11-15(19)17-9-8-12-4-2-1-3-5-12/h1-7,10H,8-9,11H2,(H2,16,18)(H,17,19). The van der Waals surface area contributed by atoms with Crippen molar-refractivity contribution in [2.24, 2.45) is 0 Å². The first-order chi connectivity index (χ1) is 9.74. The molecule has 4 nitrogen and oxygen atoms in total. The van der Waals surface area contributed by atoms with Crippen LogP contribution >= 0.6 is 11.8 Å². The van der Waals surface area contributed by atoms with E-state index in [2.05, 4.69) is 22.4 Å². The fraction of sp³-hybridized carbons (Fsp3) is 0.200. The van der Waals surface area contributed by atoms with Gasteiger partial charge in [-0.15, -0.1) is 11.8 Å². The quantitative estimate of drug-likeness (QED) is 0.799. The van der Waals surface area contributed by atoms with Crippen LogP contribution in [0, 0.1) is 0 Å². The fourth-order valence-electron chi connectivity index (χ4n) is 1.67. The van der Waals surface area contributed by atoms with Crippen LogP contribution in [0.5, 0.6) is 0 Å². The molecule has 0 bridgehead atoms. The minimum atomic E-state index is 0.0303. The van der Waals surface area contributed by atoms with Gasteiger partial charge in [-0.3, -0.25) is 4.79 Å². The third-order valence-electron chi connectivity index (χ3n) is 2.71. The Morgan fingerprint density at radius 3 is 2.70 bits per heavy atom. The summed E-state index contributed by atoms with van der Waals surface area (Å²) in [5, 5.41) is 2.91. The summed E-state index contributed by atoms with van der Waals surface area (Å²) >= 11 is 1.45. The molecule has 0 fully saturated rings. The molecule has 1 aromatic heterocycles.